The topological polar surface area (TPSA) is 83.6 Å². The number of carbonyl (C=O) groups is 1. The Kier molecular flexibility index (Phi) is 6.59. The summed E-state index contributed by atoms with van der Waals surface area (Å²) in [7, 11) is 0. The van der Waals surface area contributed by atoms with Crippen molar-refractivity contribution in [2.75, 3.05) is 11.1 Å². The molecule has 1 unspecified atom stereocenters. The van der Waals surface area contributed by atoms with Gasteiger partial charge in [0, 0.05) is 27.2 Å². The molecule has 9 heteroatoms. The van der Waals surface area contributed by atoms with Crippen LogP contribution >= 0.6 is 34.4 Å². The molecule has 5 rings (SSSR count). The third-order valence-corrected chi connectivity index (χ3v) is 9.77. The number of nitriles is 1. The molecule has 3 heterocycles. The van der Waals surface area contributed by atoms with E-state index >= 15 is 0 Å². The number of anilines is 1. The van der Waals surface area contributed by atoms with Crippen LogP contribution in [0.4, 0.5) is 5.00 Å². The van der Waals surface area contributed by atoms with Gasteiger partial charge in [0.1, 0.15) is 11.1 Å². The molecule has 33 heavy (non-hydrogen) atoms. The van der Waals surface area contributed by atoms with Crippen molar-refractivity contribution in [2.24, 2.45) is 5.92 Å². The fourth-order valence-corrected chi connectivity index (χ4v) is 8.11. The summed E-state index contributed by atoms with van der Waals surface area (Å²) < 4.78 is 2.11. The van der Waals surface area contributed by atoms with E-state index in [4.69, 9.17) is 0 Å². The fourth-order valence-electron chi connectivity index (χ4n) is 4.81. The zero-order chi connectivity index (χ0) is 22.9. The van der Waals surface area contributed by atoms with Gasteiger partial charge in [0.25, 0.3) is 0 Å². The molecule has 0 saturated heterocycles. The van der Waals surface area contributed by atoms with Crippen LogP contribution in [0.2, 0.25) is 0 Å². The van der Waals surface area contributed by atoms with Gasteiger partial charge < -0.3 is 9.88 Å². The van der Waals surface area contributed by atoms with Crippen molar-refractivity contribution in [1.82, 2.24) is 14.8 Å². The van der Waals surface area contributed by atoms with Crippen LogP contribution in [0.5, 0.6) is 0 Å². The molecule has 0 fully saturated rings. The smallest absolute Gasteiger partial charge is 0.235 e. The van der Waals surface area contributed by atoms with E-state index in [1.165, 1.54) is 39.1 Å². The molecule has 0 bridgehead atoms. The second-order valence-corrected chi connectivity index (χ2v) is 11.8. The first-order chi connectivity index (χ1) is 16.1. The number of nitrogens with zero attached hydrogens (tertiary/aromatic N) is 4. The maximum absolute atomic E-state index is 12.7. The summed E-state index contributed by atoms with van der Waals surface area (Å²) >= 11 is 4.81. The Labute approximate surface area is 206 Å². The van der Waals surface area contributed by atoms with Crippen molar-refractivity contribution < 1.29 is 4.79 Å². The van der Waals surface area contributed by atoms with Gasteiger partial charge in [-0.2, -0.15) is 5.26 Å². The molecule has 1 atom stereocenters. The number of aryl methyl sites for hydroxylation is 1. The summed E-state index contributed by atoms with van der Waals surface area (Å²) in [6, 6.07) is 2.31. The lowest BCUT2D eigenvalue weighted by Gasteiger charge is -2.19. The molecule has 0 aliphatic heterocycles. The lowest BCUT2D eigenvalue weighted by molar-refractivity contribution is -0.113. The van der Waals surface area contributed by atoms with Crippen LogP contribution in [-0.2, 0) is 37.0 Å². The largest absolute Gasteiger partial charge is 0.316 e. The molecule has 3 aromatic rings. The Morgan fingerprint density at radius 2 is 2.12 bits per heavy atom. The van der Waals surface area contributed by atoms with Gasteiger partial charge in [0.15, 0.2) is 11.0 Å². The third-order valence-electron chi connectivity index (χ3n) is 6.54. The average molecular weight is 498 g/mol. The SMILES string of the molecule is CCn1c(SCC(=O)Nc2sc3c(c2C#N)CCCC3)nnc1-c1csc2c1CCC(C)C2. The van der Waals surface area contributed by atoms with Gasteiger partial charge in [0.05, 0.1) is 11.3 Å². The minimum atomic E-state index is -0.107. The highest BCUT2D eigenvalue weighted by atomic mass is 32.2. The predicted octanol–water partition coefficient (Wildman–Crippen LogP) is 5.69. The van der Waals surface area contributed by atoms with E-state index in [2.05, 4.69) is 45.4 Å². The summed E-state index contributed by atoms with van der Waals surface area (Å²) in [6.45, 7) is 5.17. The van der Waals surface area contributed by atoms with Gasteiger partial charge in [0.2, 0.25) is 5.91 Å². The molecule has 6 nitrogen and oxygen atoms in total. The van der Waals surface area contributed by atoms with Gasteiger partial charge in [-0.25, -0.2) is 0 Å². The van der Waals surface area contributed by atoms with Crippen molar-refractivity contribution in [2.45, 2.75) is 70.5 Å². The van der Waals surface area contributed by atoms with Gasteiger partial charge in [-0.15, -0.1) is 32.9 Å². The summed E-state index contributed by atoms with van der Waals surface area (Å²) in [6.07, 6.45) is 7.68. The minimum Gasteiger partial charge on any atom is -0.316 e. The number of amides is 1. The normalized spacial score (nSPS) is 17.3. The first kappa shape index (κ1) is 22.6. The molecule has 3 aromatic heterocycles. The molecular formula is C24H27N5OS3. The van der Waals surface area contributed by atoms with Gasteiger partial charge >= 0.3 is 0 Å². The second-order valence-electron chi connectivity index (χ2n) is 8.81. The zero-order valence-electron chi connectivity index (χ0n) is 18.9. The van der Waals surface area contributed by atoms with E-state index in [0.717, 1.165) is 67.5 Å². The molecule has 2 aliphatic carbocycles. The number of thioether (sulfide) groups is 1. The number of carbonyl (C=O) groups excluding carboxylic acids is 1. The summed E-state index contributed by atoms with van der Waals surface area (Å²) in [4.78, 5) is 15.5. The molecule has 1 N–H and O–H groups in total. The zero-order valence-corrected chi connectivity index (χ0v) is 21.4. The standard InChI is InChI=1S/C24H27N5OS3/c1-3-29-22(18-12-31-20-10-14(2)8-9-16(18)20)27-28-24(29)32-13-21(30)26-23-17(11-25)15-6-4-5-7-19(15)33-23/h12,14H,3-10,13H2,1-2H3,(H,26,30). The first-order valence-electron chi connectivity index (χ1n) is 11.6. The second kappa shape index (κ2) is 9.61. The number of thiophene rings is 2. The van der Waals surface area contributed by atoms with E-state index in [9.17, 15) is 10.1 Å². The van der Waals surface area contributed by atoms with E-state index < -0.39 is 0 Å². The fraction of sp³-hybridized carbons (Fsp3) is 0.500. The molecule has 172 valence electrons. The number of nitrogens with one attached hydrogen (secondary N) is 1. The summed E-state index contributed by atoms with van der Waals surface area (Å²) in [5.74, 6) is 1.78. The van der Waals surface area contributed by atoms with E-state index in [-0.39, 0.29) is 11.7 Å². The Balaban J connectivity index is 1.30. The highest BCUT2D eigenvalue weighted by molar-refractivity contribution is 7.99. The Morgan fingerprint density at radius 3 is 2.94 bits per heavy atom. The Hall–Kier alpha value is -2.15. The van der Waals surface area contributed by atoms with E-state index in [1.807, 2.05) is 11.3 Å². The predicted molar refractivity (Wildman–Crippen MR) is 135 cm³/mol. The maximum Gasteiger partial charge on any atom is 0.235 e. The van der Waals surface area contributed by atoms with Crippen LogP contribution in [0.25, 0.3) is 11.4 Å². The lowest BCUT2D eigenvalue weighted by atomic mass is 9.88. The molecule has 0 aromatic carbocycles. The maximum atomic E-state index is 12.7. The number of rotatable bonds is 6. The summed E-state index contributed by atoms with van der Waals surface area (Å²) in [5, 5.41) is 25.2. The van der Waals surface area contributed by atoms with Crippen LogP contribution < -0.4 is 5.32 Å². The van der Waals surface area contributed by atoms with E-state index in [0.29, 0.717) is 10.6 Å². The van der Waals surface area contributed by atoms with Crippen LogP contribution in [0, 0.1) is 17.2 Å². The Bertz CT molecular complexity index is 1230. The molecule has 0 spiro atoms. The monoisotopic (exact) mass is 497 g/mol. The van der Waals surface area contributed by atoms with Gasteiger partial charge in [-0.1, -0.05) is 18.7 Å². The quantitative estimate of drug-likeness (QED) is 0.442. The number of aromatic nitrogens is 3. The van der Waals surface area contributed by atoms with E-state index in [1.54, 1.807) is 11.3 Å². The van der Waals surface area contributed by atoms with Crippen molar-refractivity contribution >= 4 is 45.3 Å². The molecule has 0 saturated carbocycles. The minimum absolute atomic E-state index is 0.107. The Morgan fingerprint density at radius 1 is 1.27 bits per heavy atom. The van der Waals surface area contributed by atoms with Gasteiger partial charge in [-0.3, -0.25) is 4.79 Å². The molecular weight excluding hydrogens is 470 g/mol. The average Bonchev–Trinajstić information content (AvgIpc) is 3.51. The van der Waals surface area contributed by atoms with Crippen LogP contribution in [0.15, 0.2) is 10.5 Å². The highest BCUT2D eigenvalue weighted by Gasteiger charge is 2.25. The van der Waals surface area contributed by atoms with Gasteiger partial charge in [-0.05, 0) is 68.9 Å². The number of hydrogen-bond acceptors (Lipinski definition) is 7. The van der Waals surface area contributed by atoms with Crippen molar-refractivity contribution in [1.29, 1.82) is 5.26 Å². The molecule has 0 radical (unpaired) electrons. The van der Waals surface area contributed by atoms with Crippen molar-refractivity contribution in [3.63, 3.8) is 0 Å². The van der Waals surface area contributed by atoms with Crippen LogP contribution in [-0.4, -0.2) is 26.4 Å². The van der Waals surface area contributed by atoms with Crippen molar-refractivity contribution in [3.8, 4) is 17.5 Å². The summed E-state index contributed by atoms with van der Waals surface area (Å²) in [5.41, 5.74) is 4.43. The van der Waals surface area contributed by atoms with Crippen LogP contribution in [0.1, 0.15) is 59.6 Å². The molecule has 2 aliphatic rings. The first-order valence-corrected chi connectivity index (χ1v) is 14.3. The molecule has 1 amide bonds. The van der Waals surface area contributed by atoms with Crippen LogP contribution in [0.3, 0.4) is 0 Å². The van der Waals surface area contributed by atoms with Crippen molar-refractivity contribution in [3.05, 3.63) is 31.8 Å². The number of hydrogen-bond donors (Lipinski definition) is 1. The number of fused-ring (bicyclic) bond motifs is 2. The third kappa shape index (κ3) is 4.36. The lowest BCUT2D eigenvalue weighted by Crippen LogP contribution is -2.14. The highest BCUT2D eigenvalue weighted by Crippen LogP contribution is 2.39.